The summed E-state index contributed by atoms with van der Waals surface area (Å²) in [6, 6.07) is 0. The van der Waals surface area contributed by atoms with E-state index in [4.69, 9.17) is 0 Å². The third-order valence-electron chi connectivity index (χ3n) is 3.80. The minimum Gasteiger partial charge on any atom is -0.366 e. The number of anilines is 2. The Morgan fingerprint density at radius 2 is 2.10 bits per heavy atom. The van der Waals surface area contributed by atoms with Crippen molar-refractivity contribution in [2.75, 3.05) is 30.0 Å². The van der Waals surface area contributed by atoms with Crippen molar-refractivity contribution in [2.24, 2.45) is 0 Å². The Morgan fingerprint density at radius 1 is 1.35 bits per heavy atom. The second-order valence-corrected chi connectivity index (χ2v) is 6.54. The summed E-state index contributed by atoms with van der Waals surface area (Å²) in [5.41, 5.74) is 0. The fourth-order valence-electron chi connectivity index (χ4n) is 2.53. The number of halogens is 1. The van der Waals surface area contributed by atoms with Crippen LogP contribution in [0.3, 0.4) is 0 Å². The minimum absolute atomic E-state index is 0.231. The predicted octanol–water partition coefficient (Wildman–Crippen LogP) is 3.53. The molecule has 1 aliphatic rings. The minimum atomic E-state index is -0.388. The zero-order valence-electron chi connectivity index (χ0n) is 12.2. The SMILES string of the molecule is CCCNc1ncc(F)c(NCC2(SC)CCCC2)n1. The highest BCUT2D eigenvalue weighted by Gasteiger charge is 2.33. The van der Waals surface area contributed by atoms with E-state index in [-0.39, 0.29) is 10.6 Å². The van der Waals surface area contributed by atoms with Crippen molar-refractivity contribution in [3.05, 3.63) is 12.0 Å². The molecule has 112 valence electrons. The second kappa shape index (κ2) is 7.11. The number of nitrogens with one attached hydrogen (secondary N) is 2. The highest BCUT2D eigenvalue weighted by atomic mass is 32.2. The van der Waals surface area contributed by atoms with Crippen LogP contribution in [0.2, 0.25) is 0 Å². The molecule has 1 heterocycles. The summed E-state index contributed by atoms with van der Waals surface area (Å²) in [5, 5.41) is 6.26. The first kappa shape index (κ1) is 15.4. The molecule has 2 rings (SSSR count). The van der Waals surface area contributed by atoms with Crippen LogP contribution in [0.25, 0.3) is 0 Å². The smallest absolute Gasteiger partial charge is 0.224 e. The summed E-state index contributed by atoms with van der Waals surface area (Å²) in [7, 11) is 0. The molecule has 0 radical (unpaired) electrons. The van der Waals surface area contributed by atoms with Gasteiger partial charge in [0.15, 0.2) is 11.6 Å². The number of hydrogen-bond donors (Lipinski definition) is 2. The van der Waals surface area contributed by atoms with Crippen molar-refractivity contribution >= 4 is 23.5 Å². The van der Waals surface area contributed by atoms with Crippen LogP contribution < -0.4 is 10.6 Å². The highest BCUT2D eigenvalue weighted by Crippen LogP contribution is 2.40. The monoisotopic (exact) mass is 298 g/mol. The van der Waals surface area contributed by atoms with Crippen molar-refractivity contribution in [2.45, 2.75) is 43.8 Å². The fourth-order valence-corrected chi connectivity index (χ4v) is 3.44. The van der Waals surface area contributed by atoms with Gasteiger partial charge in [0, 0.05) is 17.8 Å². The van der Waals surface area contributed by atoms with Crippen molar-refractivity contribution < 1.29 is 4.39 Å². The van der Waals surface area contributed by atoms with E-state index in [2.05, 4.69) is 33.8 Å². The Hall–Kier alpha value is -1.04. The lowest BCUT2D eigenvalue weighted by Gasteiger charge is -2.27. The van der Waals surface area contributed by atoms with Gasteiger partial charge >= 0.3 is 0 Å². The maximum Gasteiger partial charge on any atom is 0.224 e. The Morgan fingerprint density at radius 3 is 2.75 bits per heavy atom. The quantitative estimate of drug-likeness (QED) is 0.806. The second-order valence-electron chi connectivity index (χ2n) is 5.26. The highest BCUT2D eigenvalue weighted by molar-refractivity contribution is 8.00. The van der Waals surface area contributed by atoms with Crippen molar-refractivity contribution in [1.82, 2.24) is 9.97 Å². The van der Waals surface area contributed by atoms with Crippen LogP contribution in [0.15, 0.2) is 6.20 Å². The zero-order chi connectivity index (χ0) is 14.4. The molecule has 0 saturated heterocycles. The lowest BCUT2D eigenvalue weighted by molar-refractivity contribution is 0.604. The summed E-state index contributed by atoms with van der Waals surface area (Å²) in [5.74, 6) is 0.403. The lowest BCUT2D eigenvalue weighted by atomic mass is 10.1. The third kappa shape index (κ3) is 3.75. The van der Waals surface area contributed by atoms with Gasteiger partial charge in [-0.15, -0.1) is 0 Å². The molecule has 1 aliphatic carbocycles. The van der Waals surface area contributed by atoms with E-state index in [1.165, 1.54) is 31.9 Å². The summed E-state index contributed by atoms with van der Waals surface area (Å²) < 4.78 is 14.0. The van der Waals surface area contributed by atoms with E-state index in [0.29, 0.717) is 11.8 Å². The summed E-state index contributed by atoms with van der Waals surface area (Å²) in [4.78, 5) is 8.17. The molecule has 0 aliphatic heterocycles. The molecule has 0 amide bonds. The van der Waals surface area contributed by atoms with Gasteiger partial charge in [0.1, 0.15) is 0 Å². The molecule has 0 spiro atoms. The molecule has 0 atom stereocenters. The van der Waals surface area contributed by atoms with Gasteiger partial charge in [-0.25, -0.2) is 9.37 Å². The molecule has 0 aromatic carbocycles. The topological polar surface area (TPSA) is 49.8 Å². The van der Waals surface area contributed by atoms with E-state index < -0.39 is 0 Å². The molecular weight excluding hydrogens is 275 g/mol. The van der Waals surface area contributed by atoms with Crippen molar-refractivity contribution in [3.8, 4) is 0 Å². The number of rotatable bonds is 7. The molecule has 6 heteroatoms. The maximum absolute atomic E-state index is 13.8. The van der Waals surface area contributed by atoms with Gasteiger partial charge in [-0.1, -0.05) is 19.8 Å². The van der Waals surface area contributed by atoms with Crippen LogP contribution in [0.1, 0.15) is 39.0 Å². The first-order chi connectivity index (χ1) is 9.69. The molecule has 1 aromatic rings. The van der Waals surface area contributed by atoms with Crippen LogP contribution in [0.4, 0.5) is 16.2 Å². The average molecular weight is 298 g/mol. The van der Waals surface area contributed by atoms with Gasteiger partial charge in [0.2, 0.25) is 5.95 Å². The molecule has 1 saturated carbocycles. The van der Waals surface area contributed by atoms with E-state index in [1.54, 1.807) is 0 Å². The van der Waals surface area contributed by atoms with Crippen LogP contribution in [0, 0.1) is 5.82 Å². The zero-order valence-corrected chi connectivity index (χ0v) is 13.0. The first-order valence-electron chi connectivity index (χ1n) is 7.24. The molecule has 1 fully saturated rings. The number of thioether (sulfide) groups is 1. The van der Waals surface area contributed by atoms with Gasteiger partial charge in [0.25, 0.3) is 0 Å². The summed E-state index contributed by atoms with van der Waals surface area (Å²) in [6.45, 7) is 3.62. The van der Waals surface area contributed by atoms with Gasteiger partial charge in [-0.05, 0) is 25.5 Å². The van der Waals surface area contributed by atoms with Gasteiger partial charge in [-0.3, -0.25) is 0 Å². The molecule has 0 unspecified atom stereocenters. The van der Waals surface area contributed by atoms with Crippen molar-refractivity contribution in [1.29, 1.82) is 0 Å². The molecule has 1 aromatic heterocycles. The van der Waals surface area contributed by atoms with E-state index >= 15 is 0 Å². The fraction of sp³-hybridized carbons (Fsp3) is 0.714. The Balaban J connectivity index is 2.00. The number of hydrogen-bond acceptors (Lipinski definition) is 5. The summed E-state index contributed by atoms with van der Waals surface area (Å²) in [6.07, 6.45) is 9.25. The summed E-state index contributed by atoms with van der Waals surface area (Å²) >= 11 is 1.88. The Bertz CT molecular complexity index is 435. The van der Waals surface area contributed by atoms with Gasteiger partial charge < -0.3 is 10.6 Å². The molecule has 20 heavy (non-hydrogen) atoms. The molecular formula is C14H23FN4S. The Labute approximate surface area is 124 Å². The van der Waals surface area contributed by atoms with Crippen LogP contribution in [-0.4, -0.2) is 34.1 Å². The van der Waals surface area contributed by atoms with Crippen molar-refractivity contribution in [3.63, 3.8) is 0 Å². The third-order valence-corrected chi connectivity index (χ3v) is 5.22. The van der Waals surface area contributed by atoms with Crippen LogP contribution >= 0.6 is 11.8 Å². The number of aromatic nitrogens is 2. The first-order valence-corrected chi connectivity index (χ1v) is 8.47. The van der Waals surface area contributed by atoms with Crippen LogP contribution in [-0.2, 0) is 0 Å². The largest absolute Gasteiger partial charge is 0.366 e. The van der Waals surface area contributed by atoms with E-state index in [1.807, 2.05) is 11.8 Å². The number of nitrogens with zero attached hydrogens (tertiary/aromatic N) is 2. The average Bonchev–Trinajstić information content (AvgIpc) is 2.94. The standard InChI is InChI=1S/C14H23FN4S/c1-3-8-16-13-17-9-11(15)12(19-13)18-10-14(20-2)6-4-5-7-14/h9H,3-8,10H2,1-2H3,(H2,16,17,18,19). The van der Waals surface area contributed by atoms with E-state index in [9.17, 15) is 4.39 Å². The maximum atomic E-state index is 13.8. The molecule has 0 bridgehead atoms. The Kier molecular flexibility index (Phi) is 5.46. The van der Waals surface area contributed by atoms with Gasteiger partial charge in [-0.2, -0.15) is 16.7 Å². The van der Waals surface area contributed by atoms with E-state index in [0.717, 1.165) is 19.5 Å². The molecule has 2 N–H and O–H groups in total. The van der Waals surface area contributed by atoms with Crippen LogP contribution in [0.5, 0.6) is 0 Å². The normalized spacial score (nSPS) is 17.1. The lowest BCUT2D eigenvalue weighted by Crippen LogP contribution is -2.30. The molecule has 4 nitrogen and oxygen atoms in total. The predicted molar refractivity (Wildman–Crippen MR) is 84.0 cm³/mol. The van der Waals surface area contributed by atoms with Gasteiger partial charge in [0.05, 0.1) is 6.20 Å².